The van der Waals surface area contributed by atoms with E-state index in [9.17, 15) is 13.2 Å². The quantitative estimate of drug-likeness (QED) is 0.649. The van der Waals surface area contributed by atoms with E-state index in [1.165, 1.54) is 19.1 Å². The third kappa shape index (κ3) is 4.44. The summed E-state index contributed by atoms with van der Waals surface area (Å²) in [6, 6.07) is 5.97. The molecule has 0 atom stereocenters. The maximum absolute atomic E-state index is 11.8. The van der Waals surface area contributed by atoms with Crippen molar-refractivity contribution in [2.75, 3.05) is 18.5 Å². The molecule has 1 rings (SSSR count). The van der Waals surface area contributed by atoms with Gasteiger partial charge in [0.05, 0.1) is 4.90 Å². The fourth-order valence-corrected chi connectivity index (χ4v) is 2.43. The van der Waals surface area contributed by atoms with E-state index >= 15 is 0 Å². The number of benzene rings is 1. The molecular weight excluding hydrogens is 256 g/mol. The minimum Gasteiger partial charge on any atom is -0.396 e. The molecule has 18 heavy (non-hydrogen) atoms. The molecule has 0 fully saturated rings. The number of sulfonamides is 1. The van der Waals surface area contributed by atoms with Gasteiger partial charge in [0.2, 0.25) is 15.9 Å². The summed E-state index contributed by atoms with van der Waals surface area (Å²) in [5, 5.41) is 11.1. The monoisotopic (exact) mass is 272 g/mol. The number of aliphatic hydroxyl groups is 1. The molecule has 6 nitrogen and oxygen atoms in total. The number of carbonyl (C=O) groups excluding carboxylic acids is 1. The van der Waals surface area contributed by atoms with Crippen molar-refractivity contribution in [3.63, 3.8) is 0 Å². The molecule has 0 spiro atoms. The first-order valence-electron chi connectivity index (χ1n) is 5.44. The lowest BCUT2D eigenvalue weighted by Gasteiger charge is -2.08. The molecule has 0 aliphatic heterocycles. The van der Waals surface area contributed by atoms with E-state index in [1.54, 1.807) is 12.1 Å². The standard InChI is InChI=1S/C11H16N2O4S/c1-9(15)13-10-4-2-5-11(8-10)18(16,17)12-6-3-7-14/h2,4-5,8,12,14H,3,6-7H2,1H3,(H,13,15). The number of amides is 1. The fraction of sp³-hybridized carbons (Fsp3) is 0.364. The summed E-state index contributed by atoms with van der Waals surface area (Å²) in [5.41, 5.74) is 0.424. The van der Waals surface area contributed by atoms with Crippen LogP contribution in [-0.2, 0) is 14.8 Å². The molecule has 0 radical (unpaired) electrons. The van der Waals surface area contributed by atoms with Crippen LogP contribution in [0.3, 0.4) is 0 Å². The zero-order chi connectivity index (χ0) is 13.6. The highest BCUT2D eigenvalue weighted by Gasteiger charge is 2.13. The molecule has 0 aromatic heterocycles. The zero-order valence-corrected chi connectivity index (χ0v) is 10.8. The van der Waals surface area contributed by atoms with Gasteiger partial charge in [0.25, 0.3) is 0 Å². The van der Waals surface area contributed by atoms with Gasteiger partial charge in [-0.25, -0.2) is 13.1 Å². The predicted octanol–water partition coefficient (Wildman–Crippen LogP) is 0.306. The molecule has 0 unspecified atom stereocenters. The van der Waals surface area contributed by atoms with Gasteiger partial charge in [-0.1, -0.05) is 6.07 Å². The molecule has 0 aliphatic carbocycles. The van der Waals surface area contributed by atoms with Crippen LogP contribution in [0.1, 0.15) is 13.3 Å². The SMILES string of the molecule is CC(=O)Nc1cccc(S(=O)(=O)NCCCO)c1. The summed E-state index contributed by atoms with van der Waals surface area (Å²) in [6.45, 7) is 1.44. The fourth-order valence-electron chi connectivity index (χ4n) is 1.31. The Morgan fingerprint density at radius 2 is 2.11 bits per heavy atom. The van der Waals surface area contributed by atoms with Crippen molar-refractivity contribution in [2.24, 2.45) is 0 Å². The highest BCUT2D eigenvalue weighted by atomic mass is 32.2. The molecule has 1 aromatic carbocycles. The van der Waals surface area contributed by atoms with Crippen molar-refractivity contribution < 1.29 is 18.3 Å². The van der Waals surface area contributed by atoms with Crippen LogP contribution in [0, 0.1) is 0 Å². The second-order valence-corrected chi connectivity index (χ2v) is 5.45. The predicted molar refractivity (Wildman–Crippen MR) is 67.6 cm³/mol. The molecule has 3 N–H and O–H groups in total. The van der Waals surface area contributed by atoms with Crippen LogP contribution in [0.5, 0.6) is 0 Å². The normalized spacial score (nSPS) is 11.2. The lowest BCUT2D eigenvalue weighted by Crippen LogP contribution is -2.25. The Morgan fingerprint density at radius 1 is 1.39 bits per heavy atom. The molecular formula is C11H16N2O4S. The van der Waals surface area contributed by atoms with Crippen molar-refractivity contribution >= 4 is 21.6 Å². The second kappa shape index (κ2) is 6.48. The number of hydrogen-bond donors (Lipinski definition) is 3. The van der Waals surface area contributed by atoms with Crippen LogP contribution in [-0.4, -0.2) is 32.6 Å². The average molecular weight is 272 g/mol. The number of aliphatic hydroxyl groups excluding tert-OH is 1. The van der Waals surface area contributed by atoms with Crippen LogP contribution in [0.15, 0.2) is 29.2 Å². The minimum atomic E-state index is -3.60. The van der Waals surface area contributed by atoms with Gasteiger partial charge in [-0.15, -0.1) is 0 Å². The maximum atomic E-state index is 11.8. The van der Waals surface area contributed by atoms with E-state index in [0.717, 1.165) is 0 Å². The lowest BCUT2D eigenvalue weighted by atomic mass is 10.3. The van der Waals surface area contributed by atoms with E-state index in [2.05, 4.69) is 10.0 Å². The summed E-state index contributed by atoms with van der Waals surface area (Å²) in [5.74, 6) is -0.266. The van der Waals surface area contributed by atoms with Crippen LogP contribution < -0.4 is 10.0 Å². The van der Waals surface area contributed by atoms with Crippen LogP contribution in [0.25, 0.3) is 0 Å². The Bertz CT molecular complexity index is 514. The summed E-state index contributed by atoms with van der Waals surface area (Å²) in [6.07, 6.45) is 0.352. The topological polar surface area (TPSA) is 95.5 Å². The maximum Gasteiger partial charge on any atom is 0.240 e. The third-order valence-electron chi connectivity index (χ3n) is 2.09. The first-order valence-corrected chi connectivity index (χ1v) is 6.92. The number of anilines is 1. The minimum absolute atomic E-state index is 0.0749. The van der Waals surface area contributed by atoms with Crippen LogP contribution in [0.4, 0.5) is 5.69 Å². The van der Waals surface area contributed by atoms with Crippen molar-refractivity contribution in [1.82, 2.24) is 4.72 Å². The lowest BCUT2D eigenvalue weighted by molar-refractivity contribution is -0.114. The van der Waals surface area contributed by atoms with E-state index in [1.807, 2.05) is 0 Å². The first kappa shape index (κ1) is 14.6. The van der Waals surface area contributed by atoms with Gasteiger partial charge in [-0.05, 0) is 24.6 Å². The molecule has 0 saturated carbocycles. The Labute approximate surface area is 106 Å². The summed E-state index contributed by atoms with van der Waals surface area (Å²) in [4.78, 5) is 11.0. The molecule has 0 saturated heterocycles. The summed E-state index contributed by atoms with van der Waals surface area (Å²) >= 11 is 0. The molecule has 0 heterocycles. The van der Waals surface area contributed by atoms with E-state index in [0.29, 0.717) is 12.1 Å². The molecule has 1 aromatic rings. The average Bonchev–Trinajstić information content (AvgIpc) is 2.28. The molecule has 0 bridgehead atoms. The molecule has 100 valence electrons. The van der Waals surface area contributed by atoms with E-state index < -0.39 is 10.0 Å². The van der Waals surface area contributed by atoms with Gasteiger partial charge in [0, 0.05) is 25.8 Å². The number of carbonyl (C=O) groups is 1. The van der Waals surface area contributed by atoms with Crippen LogP contribution >= 0.6 is 0 Å². The zero-order valence-electron chi connectivity index (χ0n) is 10.0. The highest BCUT2D eigenvalue weighted by Crippen LogP contribution is 2.15. The van der Waals surface area contributed by atoms with Gasteiger partial charge in [-0.3, -0.25) is 4.79 Å². The molecule has 0 aliphatic rings. The van der Waals surface area contributed by atoms with E-state index in [-0.39, 0.29) is 24.0 Å². The van der Waals surface area contributed by atoms with Gasteiger partial charge in [0.15, 0.2) is 0 Å². The first-order chi connectivity index (χ1) is 8.45. The smallest absolute Gasteiger partial charge is 0.240 e. The van der Waals surface area contributed by atoms with Crippen molar-refractivity contribution in [2.45, 2.75) is 18.2 Å². The van der Waals surface area contributed by atoms with Gasteiger partial charge >= 0.3 is 0 Å². The number of rotatable bonds is 6. The van der Waals surface area contributed by atoms with Crippen molar-refractivity contribution in [1.29, 1.82) is 0 Å². The van der Waals surface area contributed by atoms with E-state index in [4.69, 9.17) is 5.11 Å². The van der Waals surface area contributed by atoms with Gasteiger partial charge in [0.1, 0.15) is 0 Å². The largest absolute Gasteiger partial charge is 0.396 e. The number of nitrogens with one attached hydrogen (secondary N) is 2. The van der Waals surface area contributed by atoms with Crippen molar-refractivity contribution in [3.8, 4) is 0 Å². The second-order valence-electron chi connectivity index (χ2n) is 3.68. The Kier molecular flexibility index (Phi) is 5.26. The Hall–Kier alpha value is -1.44. The summed E-state index contributed by atoms with van der Waals surface area (Å²) < 4.78 is 26.0. The van der Waals surface area contributed by atoms with Gasteiger partial charge < -0.3 is 10.4 Å². The van der Waals surface area contributed by atoms with Gasteiger partial charge in [-0.2, -0.15) is 0 Å². The third-order valence-corrected chi connectivity index (χ3v) is 3.55. The highest BCUT2D eigenvalue weighted by molar-refractivity contribution is 7.89. The van der Waals surface area contributed by atoms with Crippen LogP contribution in [0.2, 0.25) is 0 Å². The van der Waals surface area contributed by atoms with Crippen molar-refractivity contribution in [3.05, 3.63) is 24.3 Å². The number of hydrogen-bond acceptors (Lipinski definition) is 4. The summed E-state index contributed by atoms with van der Waals surface area (Å²) in [7, 11) is -3.60. The molecule has 1 amide bonds. The Balaban J connectivity index is 2.85. The molecule has 7 heteroatoms. The Morgan fingerprint density at radius 3 is 2.72 bits per heavy atom.